The Morgan fingerprint density at radius 1 is 1.60 bits per heavy atom. The molecule has 0 aromatic carbocycles. The van der Waals surface area contributed by atoms with E-state index in [9.17, 15) is 4.79 Å². The van der Waals surface area contributed by atoms with E-state index in [0.717, 1.165) is 0 Å². The van der Waals surface area contributed by atoms with E-state index in [1.165, 1.54) is 0 Å². The van der Waals surface area contributed by atoms with Gasteiger partial charge in [-0.1, -0.05) is 0 Å². The fourth-order valence-corrected chi connectivity index (χ4v) is 0.864. The quantitative estimate of drug-likeness (QED) is 0.731. The highest BCUT2D eigenvalue weighted by Gasteiger charge is 2.27. The number of aromatic nitrogens is 2. The van der Waals surface area contributed by atoms with Crippen LogP contribution in [0.3, 0.4) is 0 Å². The second-order valence-electron chi connectivity index (χ2n) is 3.73. The van der Waals surface area contributed by atoms with Gasteiger partial charge in [-0.15, -0.1) is 0 Å². The first-order chi connectivity index (χ1) is 7.01. The molecule has 6 heteroatoms. The average Bonchev–Trinajstić information content (AvgIpc) is 2.67. The smallest absolute Gasteiger partial charge is 0.379 e. The van der Waals surface area contributed by atoms with Gasteiger partial charge in [0.1, 0.15) is 0 Å². The SMILES string of the molecule is CCOC(=O)c1noc(C(C)(C)CN)n1. The summed E-state index contributed by atoms with van der Waals surface area (Å²) in [6, 6.07) is 0. The lowest BCUT2D eigenvalue weighted by atomic mass is 9.94. The normalized spacial score (nSPS) is 11.5. The predicted molar refractivity (Wildman–Crippen MR) is 52.3 cm³/mol. The Hall–Kier alpha value is -1.43. The molecule has 0 spiro atoms. The number of carbonyl (C=O) groups is 1. The monoisotopic (exact) mass is 213 g/mol. The van der Waals surface area contributed by atoms with E-state index in [0.29, 0.717) is 12.4 Å². The van der Waals surface area contributed by atoms with Gasteiger partial charge in [-0.25, -0.2) is 4.79 Å². The molecule has 84 valence electrons. The minimum absolute atomic E-state index is 0.0617. The molecule has 1 heterocycles. The van der Waals surface area contributed by atoms with Crippen LogP contribution >= 0.6 is 0 Å². The van der Waals surface area contributed by atoms with Gasteiger partial charge >= 0.3 is 5.97 Å². The molecule has 0 saturated heterocycles. The Labute approximate surface area is 87.8 Å². The summed E-state index contributed by atoms with van der Waals surface area (Å²) in [6.07, 6.45) is 0. The summed E-state index contributed by atoms with van der Waals surface area (Å²) in [4.78, 5) is 15.2. The average molecular weight is 213 g/mol. The molecule has 0 aliphatic rings. The Kier molecular flexibility index (Phi) is 3.41. The van der Waals surface area contributed by atoms with Gasteiger partial charge in [-0.3, -0.25) is 0 Å². The molecule has 0 unspecified atom stereocenters. The first-order valence-electron chi connectivity index (χ1n) is 4.72. The molecule has 1 aromatic heterocycles. The van der Waals surface area contributed by atoms with Crippen molar-refractivity contribution in [1.82, 2.24) is 10.1 Å². The van der Waals surface area contributed by atoms with E-state index in [1.54, 1.807) is 6.92 Å². The lowest BCUT2D eigenvalue weighted by Gasteiger charge is -2.15. The van der Waals surface area contributed by atoms with Crippen LogP contribution in [0.25, 0.3) is 0 Å². The molecular weight excluding hydrogens is 198 g/mol. The van der Waals surface area contributed by atoms with Gasteiger partial charge in [0, 0.05) is 6.54 Å². The van der Waals surface area contributed by atoms with E-state index in [4.69, 9.17) is 15.0 Å². The van der Waals surface area contributed by atoms with Gasteiger partial charge in [0.25, 0.3) is 5.82 Å². The highest BCUT2D eigenvalue weighted by molar-refractivity contribution is 5.84. The molecular formula is C9H15N3O3. The number of ether oxygens (including phenoxy) is 1. The van der Waals surface area contributed by atoms with Gasteiger partial charge in [0.15, 0.2) is 0 Å². The molecule has 0 fully saturated rings. The molecule has 0 atom stereocenters. The van der Waals surface area contributed by atoms with Gasteiger partial charge in [-0.05, 0) is 25.9 Å². The lowest BCUT2D eigenvalue weighted by molar-refractivity contribution is 0.0508. The highest BCUT2D eigenvalue weighted by atomic mass is 16.5. The molecule has 0 aliphatic carbocycles. The van der Waals surface area contributed by atoms with Gasteiger partial charge in [-0.2, -0.15) is 4.98 Å². The van der Waals surface area contributed by atoms with Crippen LogP contribution in [0.2, 0.25) is 0 Å². The third kappa shape index (κ3) is 2.53. The van der Waals surface area contributed by atoms with Crippen LogP contribution in [0.1, 0.15) is 37.3 Å². The van der Waals surface area contributed by atoms with E-state index in [1.807, 2.05) is 13.8 Å². The summed E-state index contributed by atoms with van der Waals surface area (Å²) in [6.45, 7) is 6.06. The van der Waals surface area contributed by atoms with E-state index < -0.39 is 11.4 Å². The Morgan fingerprint density at radius 3 is 2.80 bits per heavy atom. The molecule has 1 aromatic rings. The number of nitrogens with two attached hydrogens (primary N) is 1. The number of hydrogen-bond donors (Lipinski definition) is 1. The number of carbonyl (C=O) groups excluding carboxylic acids is 1. The number of nitrogens with zero attached hydrogens (tertiary/aromatic N) is 2. The first-order valence-corrected chi connectivity index (χ1v) is 4.72. The van der Waals surface area contributed by atoms with E-state index in [-0.39, 0.29) is 12.4 Å². The molecule has 1 rings (SSSR count). The molecule has 6 nitrogen and oxygen atoms in total. The van der Waals surface area contributed by atoms with Crippen molar-refractivity contribution in [3.8, 4) is 0 Å². The van der Waals surface area contributed by atoms with Crippen molar-refractivity contribution in [2.24, 2.45) is 5.73 Å². The van der Waals surface area contributed by atoms with Crippen LogP contribution in [0.15, 0.2) is 4.52 Å². The van der Waals surface area contributed by atoms with Crippen LogP contribution in [0.5, 0.6) is 0 Å². The van der Waals surface area contributed by atoms with Gasteiger partial charge in [0.2, 0.25) is 5.89 Å². The minimum atomic E-state index is -0.583. The fraction of sp³-hybridized carbons (Fsp3) is 0.667. The maximum absolute atomic E-state index is 11.2. The zero-order chi connectivity index (χ0) is 11.5. The predicted octanol–water partition coefficient (Wildman–Crippen LogP) is 0.483. The van der Waals surface area contributed by atoms with E-state index in [2.05, 4.69) is 10.1 Å². The van der Waals surface area contributed by atoms with Crippen LogP contribution in [-0.2, 0) is 10.2 Å². The van der Waals surface area contributed by atoms with Crippen molar-refractivity contribution < 1.29 is 14.1 Å². The van der Waals surface area contributed by atoms with Crippen molar-refractivity contribution in [2.75, 3.05) is 13.2 Å². The summed E-state index contributed by atoms with van der Waals surface area (Å²) >= 11 is 0. The first kappa shape index (κ1) is 11.6. The summed E-state index contributed by atoms with van der Waals surface area (Å²) in [5, 5.41) is 3.53. The second kappa shape index (κ2) is 4.39. The molecule has 15 heavy (non-hydrogen) atoms. The summed E-state index contributed by atoms with van der Waals surface area (Å²) in [5.41, 5.74) is 5.11. The van der Waals surface area contributed by atoms with Crippen molar-refractivity contribution in [3.63, 3.8) is 0 Å². The van der Waals surface area contributed by atoms with Crippen LogP contribution in [0.4, 0.5) is 0 Å². The lowest BCUT2D eigenvalue weighted by Crippen LogP contribution is -2.28. The Balaban J connectivity index is 2.85. The standard InChI is InChI=1S/C9H15N3O3/c1-4-14-7(13)6-11-8(15-12-6)9(2,3)5-10/h4-5,10H2,1-3H3. The Bertz CT molecular complexity index is 346. The highest BCUT2D eigenvalue weighted by Crippen LogP contribution is 2.19. The molecule has 2 N–H and O–H groups in total. The van der Waals surface area contributed by atoms with Gasteiger partial charge in [0.05, 0.1) is 12.0 Å². The van der Waals surface area contributed by atoms with Crippen molar-refractivity contribution in [2.45, 2.75) is 26.2 Å². The van der Waals surface area contributed by atoms with Crippen LogP contribution in [0, 0.1) is 0 Å². The minimum Gasteiger partial charge on any atom is -0.460 e. The number of hydrogen-bond acceptors (Lipinski definition) is 6. The summed E-state index contributed by atoms with van der Waals surface area (Å²) in [7, 11) is 0. The van der Waals surface area contributed by atoms with Crippen molar-refractivity contribution >= 4 is 5.97 Å². The second-order valence-corrected chi connectivity index (χ2v) is 3.73. The topological polar surface area (TPSA) is 91.2 Å². The maximum atomic E-state index is 11.2. The van der Waals surface area contributed by atoms with E-state index >= 15 is 0 Å². The summed E-state index contributed by atoms with van der Waals surface area (Å²) < 4.78 is 9.68. The number of rotatable bonds is 4. The van der Waals surface area contributed by atoms with Gasteiger partial charge < -0.3 is 15.0 Å². The van der Waals surface area contributed by atoms with Crippen molar-refractivity contribution in [3.05, 3.63) is 11.7 Å². The zero-order valence-electron chi connectivity index (χ0n) is 9.11. The molecule has 0 radical (unpaired) electrons. The third-order valence-electron chi connectivity index (χ3n) is 1.97. The molecule has 0 amide bonds. The van der Waals surface area contributed by atoms with Crippen LogP contribution < -0.4 is 5.73 Å². The fourth-order valence-electron chi connectivity index (χ4n) is 0.864. The van der Waals surface area contributed by atoms with Crippen molar-refractivity contribution in [1.29, 1.82) is 0 Å². The number of esters is 1. The third-order valence-corrected chi connectivity index (χ3v) is 1.97. The summed E-state index contributed by atoms with van der Waals surface area (Å²) in [5.74, 6) is -0.304. The molecule has 0 aliphatic heterocycles. The molecule has 0 bridgehead atoms. The zero-order valence-corrected chi connectivity index (χ0v) is 9.11. The molecule has 0 saturated carbocycles. The Morgan fingerprint density at radius 2 is 2.27 bits per heavy atom. The maximum Gasteiger partial charge on any atom is 0.379 e. The largest absolute Gasteiger partial charge is 0.460 e. The van der Waals surface area contributed by atoms with Crippen LogP contribution in [-0.4, -0.2) is 29.3 Å².